The van der Waals surface area contributed by atoms with Gasteiger partial charge in [0.2, 0.25) is 0 Å². The second-order valence-corrected chi connectivity index (χ2v) is 1.30. The Bertz CT molecular complexity index is 72.5. The van der Waals surface area contributed by atoms with Crippen LogP contribution in [0.3, 0.4) is 0 Å². The lowest BCUT2D eigenvalue weighted by Gasteiger charge is -1.75. The van der Waals surface area contributed by atoms with Crippen LogP contribution in [0.15, 0.2) is 9.98 Å². The molecular weight excluding hydrogens is 100 g/mol. The van der Waals surface area contributed by atoms with Gasteiger partial charge in [-0.2, -0.15) is 0 Å². The fraction of sp³-hybridized carbons (Fsp3) is 0.667. The summed E-state index contributed by atoms with van der Waals surface area (Å²) < 4.78 is 0. The Labute approximate surface area is 50.4 Å². The van der Waals surface area contributed by atoms with Crippen LogP contribution >= 0.6 is 0 Å². The molecule has 0 atom stereocenters. The Kier molecular flexibility index (Phi) is 5.82. The van der Waals surface area contributed by atoms with E-state index in [1.807, 2.05) is 13.8 Å². The van der Waals surface area contributed by atoms with E-state index < -0.39 is 0 Å². The first-order valence-electron chi connectivity index (χ1n) is 2.90. The van der Waals surface area contributed by atoms with E-state index >= 15 is 0 Å². The minimum Gasteiger partial charge on any atom is -0.292 e. The zero-order chi connectivity index (χ0) is 6.24. The first kappa shape index (κ1) is 7.34. The van der Waals surface area contributed by atoms with E-state index in [2.05, 4.69) is 9.98 Å². The molecule has 0 spiro atoms. The van der Waals surface area contributed by atoms with E-state index in [0.717, 1.165) is 13.1 Å². The van der Waals surface area contributed by atoms with Gasteiger partial charge in [-0.1, -0.05) is 0 Å². The summed E-state index contributed by atoms with van der Waals surface area (Å²) in [5, 5.41) is 0. The average molecular weight is 112 g/mol. The van der Waals surface area contributed by atoms with E-state index in [1.54, 1.807) is 12.4 Å². The minimum atomic E-state index is 0.843. The molecular formula is C6H12N2. The van der Waals surface area contributed by atoms with Gasteiger partial charge in [-0.05, 0) is 13.8 Å². The summed E-state index contributed by atoms with van der Waals surface area (Å²) in [6, 6.07) is 0. The van der Waals surface area contributed by atoms with Crippen LogP contribution in [-0.4, -0.2) is 25.5 Å². The lowest BCUT2D eigenvalue weighted by molar-refractivity contribution is 1.13. The maximum Gasteiger partial charge on any atom is 0.0390 e. The third-order valence-electron chi connectivity index (χ3n) is 0.643. The largest absolute Gasteiger partial charge is 0.292 e. The smallest absolute Gasteiger partial charge is 0.0390 e. The highest BCUT2D eigenvalue weighted by Gasteiger charge is 1.62. The van der Waals surface area contributed by atoms with Crippen molar-refractivity contribution in [1.29, 1.82) is 0 Å². The Hall–Kier alpha value is -0.660. The molecule has 0 aliphatic rings. The molecule has 0 saturated heterocycles. The fourth-order valence-electron chi connectivity index (χ4n) is 0.305. The van der Waals surface area contributed by atoms with Crippen LogP contribution < -0.4 is 0 Å². The Morgan fingerprint density at radius 3 is 1.62 bits per heavy atom. The molecule has 0 rings (SSSR count). The van der Waals surface area contributed by atoms with E-state index in [-0.39, 0.29) is 0 Å². The van der Waals surface area contributed by atoms with Crippen LogP contribution in [0, 0.1) is 0 Å². The van der Waals surface area contributed by atoms with Gasteiger partial charge in [0.25, 0.3) is 0 Å². The van der Waals surface area contributed by atoms with Gasteiger partial charge in [-0.15, -0.1) is 0 Å². The van der Waals surface area contributed by atoms with E-state index in [4.69, 9.17) is 0 Å². The number of hydrogen-bond acceptors (Lipinski definition) is 2. The number of hydrogen-bond donors (Lipinski definition) is 0. The summed E-state index contributed by atoms with van der Waals surface area (Å²) >= 11 is 0. The van der Waals surface area contributed by atoms with Crippen molar-refractivity contribution in [1.82, 2.24) is 0 Å². The van der Waals surface area contributed by atoms with Crippen molar-refractivity contribution < 1.29 is 0 Å². The summed E-state index contributed by atoms with van der Waals surface area (Å²) in [5.74, 6) is 0. The van der Waals surface area contributed by atoms with Crippen LogP contribution in [0.4, 0.5) is 0 Å². The van der Waals surface area contributed by atoms with Crippen LogP contribution in [-0.2, 0) is 0 Å². The molecule has 0 N–H and O–H groups in total. The van der Waals surface area contributed by atoms with E-state index in [1.165, 1.54) is 0 Å². The predicted octanol–water partition coefficient (Wildman–Crippen LogP) is 1.17. The second-order valence-electron chi connectivity index (χ2n) is 1.30. The van der Waals surface area contributed by atoms with Crippen molar-refractivity contribution in [3.05, 3.63) is 0 Å². The van der Waals surface area contributed by atoms with Gasteiger partial charge in [0.1, 0.15) is 0 Å². The maximum atomic E-state index is 3.94. The highest BCUT2D eigenvalue weighted by Crippen LogP contribution is 1.62. The van der Waals surface area contributed by atoms with Gasteiger partial charge in [0.15, 0.2) is 0 Å². The van der Waals surface area contributed by atoms with E-state index in [9.17, 15) is 0 Å². The fourth-order valence-corrected chi connectivity index (χ4v) is 0.305. The van der Waals surface area contributed by atoms with Gasteiger partial charge < -0.3 is 0 Å². The van der Waals surface area contributed by atoms with Crippen molar-refractivity contribution in [3.63, 3.8) is 0 Å². The second kappa shape index (κ2) is 6.34. The first-order valence-corrected chi connectivity index (χ1v) is 2.90. The minimum absolute atomic E-state index is 0.843. The average Bonchev–Trinajstić information content (AvgIpc) is 1.81. The Morgan fingerprint density at radius 2 is 1.38 bits per heavy atom. The molecule has 0 aromatic rings. The molecule has 0 aliphatic carbocycles. The molecule has 0 saturated carbocycles. The summed E-state index contributed by atoms with van der Waals surface area (Å²) in [6.45, 7) is 5.68. The van der Waals surface area contributed by atoms with Crippen molar-refractivity contribution in [2.45, 2.75) is 13.8 Å². The molecule has 2 nitrogen and oxygen atoms in total. The predicted molar refractivity (Wildman–Crippen MR) is 38.1 cm³/mol. The molecule has 0 aromatic heterocycles. The Morgan fingerprint density at radius 1 is 1.00 bits per heavy atom. The van der Waals surface area contributed by atoms with Crippen LogP contribution in [0.1, 0.15) is 13.8 Å². The molecule has 0 heterocycles. The molecule has 0 bridgehead atoms. The molecule has 0 radical (unpaired) electrons. The maximum absolute atomic E-state index is 3.94. The molecule has 0 aliphatic heterocycles. The Balaban J connectivity index is 3.13. The highest BCUT2D eigenvalue weighted by atomic mass is 14.7. The van der Waals surface area contributed by atoms with Gasteiger partial charge >= 0.3 is 0 Å². The summed E-state index contributed by atoms with van der Waals surface area (Å²) in [5.41, 5.74) is 0. The van der Waals surface area contributed by atoms with Gasteiger partial charge in [-0.3, -0.25) is 9.98 Å². The standard InChI is InChI=1S/C6H12N2/c1-3-7-5-6-8-4-2/h5-6H,3-4H2,1-2H3. The zero-order valence-corrected chi connectivity index (χ0v) is 5.46. The molecule has 2 heteroatoms. The normalized spacial score (nSPS) is 11.8. The third-order valence-corrected chi connectivity index (χ3v) is 0.643. The lowest BCUT2D eigenvalue weighted by Crippen LogP contribution is -1.77. The molecule has 8 heavy (non-hydrogen) atoms. The number of rotatable bonds is 3. The monoisotopic (exact) mass is 112 g/mol. The van der Waals surface area contributed by atoms with Crippen LogP contribution in [0.25, 0.3) is 0 Å². The number of aliphatic imine (C=N–C) groups is 2. The molecule has 0 amide bonds. The summed E-state index contributed by atoms with van der Waals surface area (Å²) in [4.78, 5) is 7.87. The van der Waals surface area contributed by atoms with Crippen molar-refractivity contribution in [2.75, 3.05) is 13.1 Å². The van der Waals surface area contributed by atoms with Gasteiger partial charge in [-0.25, -0.2) is 0 Å². The SMILES string of the molecule is CCN=CC=NCC. The number of nitrogens with zero attached hydrogens (tertiary/aromatic N) is 2. The molecule has 0 fully saturated rings. The van der Waals surface area contributed by atoms with Crippen molar-refractivity contribution >= 4 is 12.4 Å². The van der Waals surface area contributed by atoms with Crippen molar-refractivity contribution in [2.24, 2.45) is 9.98 Å². The van der Waals surface area contributed by atoms with Crippen LogP contribution in [0.5, 0.6) is 0 Å². The van der Waals surface area contributed by atoms with Gasteiger partial charge in [0, 0.05) is 25.5 Å². The highest BCUT2D eigenvalue weighted by molar-refractivity contribution is 6.15. The first-order chi connectivity index (χ1) is 3.91. The quantitative estimate of drug-likeness (QED) is 0.489. The molecule has 0 aromatic carbocycles. The topological polar surface area (TPSA) is 24.7 Å². The lowest BCUT2D eigenvalue weighted by atomic mass is 10.7. The van der Waals surface area contributed by atoms with E-state index in [0.29, 0.717) is 0 Å². The molecule has 0 unspecified atom stereocenters. The van der Waals surface area contributed by atoms with Crippen LogP contribution in [0.2, 0.25) is 0 Å². The summed E-state index contributed by atoms with van der Waals surface area (Å²) in [7, 11) is 0. The van der Waals surface area contributed by atoms with Crippen molar-refractivity contribution in [3.8, 4) is 0 Å². The molecule has 46 valence electrons. The van der Waals surface area contributed by atoms with Gasteiger partial charge in [0.05, 0.1) is 0 Å². The summed E-state index contributed by atoms with van der Waals surface area (Å²) in [6.07, 6.45) is 3.45. The zero-order valence-electron chi connectivity index (χ0n) is 5.46. The third kappa shape index (κ3) is 5.34.